The summed E-state index contributed by atoms with van der Waals surface area (Å²) in [6, 6.07) is 1.92. The Hall–Kier alpha value is -1.98. The molecule has 1 N–H and O–H groups in total. The van der Waals surface area contributed by atoms with Gasteiger partial charge in [-0.3, -0.25) is 4.79 Å². The summed E-state index contributed by atoms with van der Waals surface area (Å²) in [6.45, 7) is 4.53. The van der Waals surface area contributed by atoms with E-state index in [-0.39, 0.29) is 11.7 Å². The van der Waals surface area contributed by atoms with Gasteiger partial charge in [-0.2, -0.15) is 4.98 Å². The Morgan fingerprint density at radius 1 is 1.32 bits per heavy atom. The molecule has 2 aromatic rings. The summed E-state index contributed by atoms with van der Waals surface area (Å²) in [5.41, 5.74) is 1.80. The maximum atomic E-state index is 12.1. The van der Waals surface area contributed by atoms with E-state index in [9.17, 15) is 4.79 Å². The third-order valence-electron chi connectivity index (χ3n) is 4.37. The van der Waals surface area contributed by atoms with Gasteiger partial charge < -0.3 is 5.32 Å². The third kappa shape index (κ3) is 3.26. The number of nitrogens with one attached hydrogen (secondary N) is 1. The summed E-state index contributed by atoms with van der Waals surface area (Å²) in [7, 11) is 0. The Kier molecular flexibility index (Phi) is 4.36. The summed E-state index contributed by atoms with van der Waals surface area (Å²) >= 11 is 0. The molecular formula is C16H23N5O. The highest BCUT2D eigenvalue weighted by molar-refractivity contribution is 5.90. The van der Waals surface area contributed by atoms with Crippen LogP contribution in [0.3, 0.4) is 0 Å². The number of fused-ring (bicyclic) bond motifs is 1. The fourth-order valence-corrected chi connectivity index (χ4v) is 3.23. The fraction of sp³-hybridized carbons (Fsp3) is 0.625. The molecule has 6 heteroatoms. The van der Waals surface area contributed by atoms with Crippen LogP contribution in [0.1, 0.15) is 60.5 Å². The molecule has 0 unspecified atom stereocenters. The first kappa shape index (κ1) is 14.9. The van der Waals surface area contributed by atoms with Crippen molar-refractivity contribution in [1.29, 1.82) is 0 Å². The molecule has 3 rings (SSSR count). The second-order valence-electron chi connectivity index (χ2n) is 6.23. The molecule has 0 saturated heterocycles. The fourth-order valence-electron chi connectivity index (χ4n) is 3.23. The van der Waals surface area contributed by atoms with Gasteiger partial charge in [0.25, 0.3) is 11.7 Å². The van der Waals surface area contributed by atoms with E-state index in [1.54, 1.807) is 4.52 Å². The van der Waals surface area contributed by atoms with Crippen molar-refractivity contribution < 1.29 is 4.79 Å². The minimum atomic E-state index is -0.214. The standard InChI is InChI=1S/C16H23N5O/c1-11-10-12(2)21-16(18-11)19-14(20-21)15(22)17-9-5-8-13-6-3-4-7-13/h10,13H,3-9H2,1-2H3,(H,17,22). The van der Waals surface area contributed by atoms with E-state index in [1.807, 2.05) is 19.9 Å². The van der Waals surface area contributed by atoms with E-state index in [0.717, 1.165) is 23.7 Å². The SMILES string of the molecule is Cc1cc(C)n2nc(C(=O)NCCCC3CCCC3)nc2n1. The Morgan fingerprint density at radius 2 is 2.09 bits per heavy atom. The predicted molar refractivity (Wildman–Crippen MR) is 83.8 cm³/mol. The Morgan fingerprint density at radius 3 is 2.86 bits per heavy atom. The molecule has 118 valence electrons. The molecule has 6 nitrogen and oxygen atoms in total. The van der Waals surface area contributed by atoms with Crippen LogP contribution in [0.4, 0.5) is 0 Å². The number of amides is 1. The number of carbonyl (C=O) groups excluding carboxylic acids is 1. The summed E-state index contributed by atoms with van der Waals surface area (Å²) in [5, 5.41) is 7.15. The van der Waals surface area contributed by atoms with Gasteiger partial charge in [-0.15, -0.1) is 5.10 Å². The predicted octanol–water partition coefficient (Wildman–Crippen LogP) is 2.44. The topological polar surface area (TPSA) is 72.2 Å². The lowest BCUT2D eigenvalue weighted by molar-refractivity contribution is 0.0942. The lowest BCUT2D eigenvalue weighted by Crippen LogP contribution is -2.26. The Balaban J connectivity index is 1.56. The first-order chi connectivity index (χ1) is 10.6. The van der Waals surface area contributed by atoms with Crippen molar-refractivity contribution in [3.05, 3.63) is 23.3 Å². The van der Waals surface area contributed by atoms with E-state index in [1.165, 1.54) is 32.1 Å². The van der Waals surface area contributed by atoms with Crippen molar-refractivity contribution in [3.63, 3.8) is 0 Å². The molecule has 0 atom stereocenters. The van der Waals surface area contributed by atoms with Gasteiger partial charge in [-0.05, 0) is 38.7 Å². The first-order valence-electron chi connectivity index (χ1n) is 8.13. The highest BCUT2D eigenvalue weighted by Gasteiger charge is 2.16. The second kappa shape index (κ2) is 6.42. The highest BCUT2D eigenvalue weighted by Crippen LogP contribution is 2.28. The second-order valence-corrected chi connectivity index (χ2v) is 6.23. The average Bonchev–Trinajstić information content (AvgIpc) is 3.12. The summed E-state index contributed by atoms with van der Waals surface area (Å²) < 4.78 is 1.61. The maximum Gasteiger partial charge on any atom is 0.291 e. The van der Waals surface area contributed by atoms with Crippen molar-refractivity contribution in [2.75, 3.05) is 6.54 Å². The van der Waals surface area contributed by atoms with Crippen LogP contribution in [0.5, 0.6) is 0 Å². The van der Waals surface area contributed by atoms with Crippen LogP contribution >= 0.6 is 0 Å². The number of nitrogens with zero attached hydrogens (tertiary/aromatic N) is 4. The minimum Gasteiger partial charge on any atom is -0.349 e. The van der Waals surface area contributed by atoms with E-state index in [0.29, 0.717) is 12.3 Å². The molecule has 0 bridgehead atoms. The van der Waals surface area contributed by atoms with Crippen LogP contribution in [0.2, 0.25) is 0 Å². The lowest BCUT2D eigenvalue weighted by Gasteiger charge is -2.08. The molecule has 22 heavy (non-hydrogen) atoms. The van der Waals surface area contributed by atoms with E-state index < -0.39 is 0 Å². The number of carbonyl (C=O) groups is 1. The Labute approximate surface area is 130 Å². The summed E-state index contributed by atoms with van der Waals surface area (Å²) in [4.78, 5) is 20.6. The molecule has 2 aromatic heterocycles. The van der Waals surface area contributed by atoms with Crippen molar-refractivity contribution in [2.45, 2.75) is 52.4 Å². The average molecular weight is 301 g/mol. The van der Waals surface area contributed by atoms with Crippen LogP contribution in [-0.2, 0) is 0 Å². The molecule has 0 spiro atoms. The van der Waals surface area contributed by atoms with Gasteiger partial charge in [0.2, 0.25) is 5.82 Å². The molecular weight excluding hydrogens is 278 g/mol. The van der Waals surface area contributed by atoms with Gasteiger partial charge in [-0.1, -0.05) is 25.7 Å². The van der Waals surface area contributed by atoms with Crippen LogP contribution in [0, 0.1) is 19.8 Å². The van der Waals surface area contributed by atoms with Crippen LogP contribution in [-0.4, -0.2) is 32.0 Å². The molecule has 1 amide bonds. The molecule has 1 saturated carbocycles. The van der Waals surface area contributed by atoms with E-state index in [2.05, 4.69) is 20.4 Å². The minimum absolute atomic E-state index is 0.196. The highest BCUT2D eigenvalue weighted by atomic mass is 16.2. The largest absolute Gasteiger partial charge is 0.349 e. The lowest BCUT2D eigenvalue weighted by atomic mass is 10.0. The third-order valence-corrected chi connectivity index (χ3v) is 4.37. The van der Waals surface area contributed by atoms with Crippen molar-refractivity contribution in [1.82, 2.24) is 24.9 Å². The normalized spacial score (nSPS) is 15.5. The number of hydrogen-bond acceptors (Lipinski definition) is 4. The molecule has 1 aliphatic carbocycles. The van der Waals surface area contributed by atoms with Gasteiger partial charge >= 0.3 is 0 Å². The number of aryl methyl sites for hydroxylation is 2. The zero-order valence-electron chi connectivity index (χ0n) is 13.3. The molecule has 0 aliphatic heterocycles. The zero-order chi connectivity index (χ0) is 15.5. The van der Waals surface area contributed by atoms with Gasteiger partial charge in [0.1, 0.15) is 0 Å². The van der Waals surface area contributed by atoms with Crippen LogP contribution in [0.15, 0.2) is 6.07 Å². The first-order valence-corrected chi connectivity index (χ1v) is 8.13. The summed E-state index contributed by atoms with van der Waals surface area (Å²) in [6.07, 6.45) is 7.68. The molecule has 2 heterocycles. The van der Waals surface area contributed by atoms with Crippen LogP contribution in [0.25, 0.3) is 5.78 Å². The molecule has 1 fully saturated rings. The molecule has 0 radical (unpaired) electrons. The van der Waals surface area contributed by atoms with Crippen LogP contribution < -0.4 is 5.32 Å². The Bertz CT molecular complexity index is 672. The zero-order valence-corrected chi connectivity index (χ0v) is 13.3. The van der Waals surface area contributed by atoms with Crippen molar-refractivity contribution in [2.24, 2.45) is 5.92 Å². The monoisotopic (exact) mass is 301 g/mol. The quantitative estimate of drug-likeness (QED) is 0.861. The molecule has 0 aromatic carbocycles. The van der Waals surface area contributed by atoms with E-state index >= 15 is 0 Å². The van der Waals surface area contributed by atoms with Gasteiger partial charge in [0, 0.05) is 17.9 Å². The smallest absolute Gasteiger partial charge is 0.291 e. The van der Waals surface area contributed by atoms with Gasteiger partial charge in [0.05, 0.1) is 0 Å². The summed E-state index contributed by atoms with van der Waals surface area (Å²) in [5.74, 6) is 1.32. The van der Waals surface area contributed by atoms with Crippen molar-refractivity contribution in [3.8, 4) is 0 Å². The van der Waals surface area contributed by atoms with Gasteiger partial charge in [-0.25, -0.2) is 9.50 Å². The van der Waals surface area contributed by atoms with Gasteiger partial charge in [0.15, 0.2) is 0 Å². The number of rotatable bonds is 5. The van der Waals surface area contributed by atoms with Crippen molar-refractivity contribution >= 4 is 11.7 Å². The number of hydrogen-bond donors (Lipinski definition) is 1. The number of aromatic nitrogens is 4. The van der Waals surface area contributed by atoms with E-state index in [4.69, 9.17) is 0 Å². The maximum absolute atomic E-state index is 12.1. The molecule has 1 aliphatic rings.